The smallest absolute Gasteiger partial charge is 0.294 e. The Balaban J connectivity index is 1.50. The minimum atomic E-state index is -0.368. The number of nitrogens with one attached hydrogen (secondary N) is 3. The highest BCUT2D eigenvalue weighted by Crippen LogP contribution is 2.17. The molecule has 9 nitrogen and oxygen atoms in total. The highest BCUT2D eigenvalue weighted by molar-refractivity contribution is 5.92. The number of amidine groups is 1. The van der Waals surface area contributed by atoms with E-state index >= 15 is 0 Å². The van der Waals surface area contributed by atoms with Crippen LogP contribution in [0.1, 0.15) is 16.8 Å². The van der Waals surface area contributed by atoms with E-state index < -0.39 is 0 Å². The Bertz CT molecular complexity index is 1390. The van der Waals surface area contributed by atoms with Crippen molar-refractivity contribution in [2.75, 3.05) is 11.9 Å². The third kappa shape index (κ3) is 6.20. The van der Waals surface area contributed by atoms with Crippen LogP contribution in [0.2, 0.25) is 0 Å². The molecule has 0 bridgehead atoms. The standard InChI is InChI=1S/C27H27N7O2/c28-25(29)22-12-11-20(15-31-22)16-32-24(35)18-34-23(21-9-5-2-6-10-21)17-33-26(27(34)36)30-14-13-19-7-3-1-4-8-19/h1-12,15,17H,13-14,16,18H2,(H3,28,29)(H,30,33)(H,32,35). The quantitative estimate of drug-likeness (QED) is 0.203. The molecule has 4 rings (SSSR count). The molecule has 0 aliphatic heterocycles. The molecule has 0 spiro atoms. The van der Waals surface area contributed by atoms with E-state index in [1.165, 1.54) is 4.57 Å². The van der Waals surface area contributed by atoms with E-state index in [4.69, 9.17) is 11.1 Å². The molecule has 5 N–H and O–H groups in total. The van der Waals surface area contributed by atoms with E-state index in [0.29, 0.717) is 17.9 Å². The largest absolute Gasteiger partial charge is 0.382 e. The van der Waals surface area contributed by atoms with Crippen LogP contribution in [0.5, 0.6) is 0 Å². The van der Waals surface area contributed by atoms with Crippen LogP contribution in [0.4, 0.5) is 5.82 Å². The van der Waals surface area contributed by atoms with Crippen LogP contribution in [0.25, 0.3) is 11.3 Å². The molecule has 2 aromatic heterocycles. The van der Waals surface area contributed by atoms with Crippen LogP contribution in [-0.2, 0) is 24.3 Å². The Morgan fingerprint density at radius 2 is 1.64 bits per heavy atom. The molecule has 0 saturated heterocycles. The van der Waals surface area contributed by atoms with Crippen molar-refractivity contribution in [3.8, 4) is 11.3 Å². The Labute approximate surface area is 208 Å². The van der Waals surface area contributed by atoms with Gasteiger partial charge in [0, 0.05) is 19.3 Å². The summed E-state index contributed by atoms with van der Waals surface area (Å²) < 4.78 is 1.43. The van der Waals surface area contributed by atoms with Crippen molar-refractivity contribution in [2.24, 2.45) is 5.73 Å². The Hall–Kier alpha value is -4.79. The van der Waals surface area contributed by atoms with Gasteiger partial charge >= 0.3 is 0 Å². The highest BCUT2D eigenvalue weighted by atomic mass is 16.2. The first kappa shape index (κ1) is 24.3. The third-order valence-electron chi connectivity index (χ3n) is 5.57. The minimum absolute atomic E-state index is 0.121. The lowest BCUT2D eigenvalue weighted by Gasteiger charge is -2.15. The zero-order valence-electron chi connectivity index (χ0n) is 19.6. The van der Waals surface area contributed by atoms with Crippen LogP contribution in [0, 0.1) is 5.41 Å². The molecule has 4 aromatic rings. The molecule has 0 aliphatic carbocycles. The molecule has 0 saturated carbocycles. The van der Waals surface area contributed by atoms with Gasteiger partial charge in [0.05, 0.1) is 11.9 Å². The number of aromatic nitrogens is 3. The second-order valence-corrected chi connectivity index (χ2v) is 8.15. The Morgan fingerprint density at radius 1 is 0.917 bits per heavy atom. The zero-order chi connectivity index (χ0) is 25.3. The number of nitrogens with two attached hydrogens (primary N) is 1. The normalized spacial score (nSPS) is 10.6. The van der Waals surface area contributed by atoms with Crippen molar-refractivity contribution < 1.29 is 4.79 Å². The van der Waals surface area contributed by atoms with Gasteiger partial charge in [-0.2, -0.15) is 0 Å². The molecule has 0 radical (unpaired) electrons. The summed E-state index contributed by atoms with van der Waals surface area (Å²) in [5, 5.41) is 13.4. The van der Waals surface area contributed by atoms with Crippen LogP contribution in [0.3, 0.4) is 0 Å². The Kier molecular flexibility index (Phi) is 7.82. The number of rotatable bonds is 10. The van der Waals surface area contributed by atoms with Gasteiger partial charge in [-0.3, -0.25) is 24.5 Å². The molecular weight excluding hydrogens is 454 g/mol. The highest BCUT2D eigenvalue weighted by Gasteiger charge is 2.15. The van der Waals surface area contributed by atoms with E-state index in [1.54, 1.807) is 24.5 Å². The lowest BCUT2D eigenvalue weighted by atomic mass is 10.1. The van der Waals surface area contributed by atoms with Crippen LogP contribution in [-0.4, -0.2) is 32.8 Å². The molecule has 1 amide bonds. The predicted molar refractivity (Wildman–Crippen MR) is 140 cm³/mol. The van der Waals surface area contributed by atoms with Gasteiger partial charge in [-0.05, 0) is 29.2 Å². The maximum Gasteiger partial charge on any atom is 0.294 e. The maximum absolute atomic E-state index is 13.3. The van der Waals surface area contributed by atoms with Gasteiger partial charge in [-0.15, -0.1) is 0 Å². The summed E-state index contributed by atoms with van der Waals surface area (Å²) in [5.74, 6) is -0.252. The van der Waals surface area contributed by atoms with Crippen LogP contribution >= 0.6 is 0 Å². The topological polar surface area (TPSA) is 139 Å². The van der Waals surface area contributed by atoms with E-state index in [9.17, 15) is 9.59 Å². The summed E-state index contributed by atoms with van der Waals surface area (Å²) in [7, 11) is 0. The second kappa shape index (κ2) is 11.6. The van der Waals surface area contributed by atoms with Gasteiger partial charge < -0.3 is 16.4 Å². The van der Waals surface area contributed by atoms with Crippen molar-refractivity contribution >= 4 is 17.6 Å². The third-order valence-corrected chi connectivity index (χ3v) is 5.57. The number of anilines is 1. The number of amides is 1. The van der Waals surface area contributed by atoms with Gasteiger partial charge in [-0.1, -0.05) is 66.7 Å². The van der Waals surface area contributed by atoms with E-state index in [1.807, 2.05) is 60.7 Å². The summed E-state index contributed by atoms with van der Waals surface area (Å²) in [5.41, 5.74) is 8.67. The summed E-state index contributed by atoms with van der Waals surface area (Å²) in [4.78, 5) is 34.6. The summed E-state index contributed by atoms with van der Waals surface area (Å²) in [6.07, 6.45) is 3.90. The van der Waals surface area contributed by atoms with Crippen molar-refractivity contribution in [1.82, 2.24) is 19.9 Å². The number of carbonyl (C=O) groups is 1. The fraction of sp³-hybridized carbons (Fsp3) is 0.148. The summed E-state index contributed by atoms with van der Waals surface area (Å²) in [6.45, 7) is 0.594. The van der Waals surface area contributed by atoms with Gasteiger partial charge in [0.1, 0.15) is 18.1 Å². The number of hydrogen-bond acceptors (Lipinski definition) is 6. The molecule has 182 valence electrons. The number of hydrogen-bond donors (Lipinski definition) is 4. The summed E-state index contributed by atoms with van der Waals surface area (Å²) >= 11 is 0. The Morgan fingerprint density at radius 3 is 2.31 bits per heavy atom. The van der Waals surface area contributed by atoms with Crippen LogP contribution < -0.4 is 21.9 Å². The van der Waals surface area contributed by atoms with Crippen molar-refractivity contribution in [3.63, 3.8) is 0 Å². The maximum atomic E-state index is 13.3. The van der Waals surface area contributed by atoms with E-state index in [0.717, 1.165) is 23.1 Å². The van der Waals surface area contributed by atoms with Crippen molar-refractivity contribution in [3.05, 3.63) is 112 Å². The molecule has 0 unspecified atom stereocenters. The number of nitrogen functional groups attached to an aromatic ring is 1. The lowest BCUT2D eigenvalue weighted by Crippen LogP contribution is -2.34. The fourth-order valence-corrected chi connectivity index (χ4v) is 3.66. The van der Waals surface area contributed by atoms with Crippen LogP contribution in [0.15, 0.2) is 90.0 Å². The predicted octanol–water partition coefficient (Wildman–Crippen LogP) is 2.56. The van der Waals surface area contributed by atoms with Crippen molar-refractivity contribution in [1.29, 1.82) is 5.41 Å². The average molecular weight is 482 g/mol. The van der Waals surface area contributed by atoms with Gasteiger partial charge in [0.15, 0.2) is 5.82 Å². The zero-order valence-corrected chi connectivity index (χ0v) is 19.6. The molecule has 0 fully saturated rings. The van der Waals surface area contributed by atoms with Crippen molar-refractivity contribution in [2.45, 2.75) is 19.5 Å². The SMILES string of the molecule is N=C(N)c1ccc(CNC(=O)Cn2c(-c3ccccc3)cnc(NCCc3ccccc3)c2=O)cn1. The number of pyridine rings is 1. The molecule has 0 aliphatic rings. The lowest BCUT2D eigenvalue weighted by molar-refractivity contribution is -0.121. The molecule has 2 heterocycles. The fourth-order valence-electron chi connectivity index (χ4n) is 3.66. The molecule has 2 aromatic carbocycles. The summed E-state index contributed by atoms with van der Waals surface area (Å²) in [6, 6.07) is 22.7. The van der Waals surface area contributed by atoms with E-state index in [2.05, 4.69) is 20.6 Å². The minimum Gasteiger partial charge on any atom is -0.382 e. The first-order valence-corrected chi connectivity index (χ1v) is 11.5. The average Bonchev–Trinajstić information content (AvgIpc) is 2.91. The molecular formula is C27H27N7O2. The van der Waals surface area contributed by atoms with Gasteiger partial charge in [0.25, 0.3) is 5.56 Å². The first-order valence-electron chi connectivity index (χ1n) is 11.5. The number of nitrogens with zero attached hydrogens (tertiary/aromatic N) is 3. The molecule has 9 heteroatoms. The van der Waals surface area contributed by atoms with Gasteiger partial charge in [-0.25, -0.2) is 4.98 Å². The van der Waals surface area contributed by atoms with Gasteiger partial charge in [0.2, 0.25) is 5.91 Å². The van der Waals surface area contributed by atoms with E-state index in [-0.39, 0.29) is 36.2 Å². The number of benzene rings is 2. The monoisotopic (exact) mass is 481 g/mol. The molecule has 36 heavy (non-hydrogen) atoms. The number of carbonyl (C=O) groups excluding carboxylic acids is 1. The first-order chi connectivity index (χ1) is 17.5. The molecule has 0 atom stereocenters. The second-order valence-electron chi connectivity index (χ2n) is 8.15.